The van der Waals surface area contributed by atoms with E-state index in [0.29, 0.717) is 38.5 Å². The van der Waals surface area contributed by atoms with Gasteiger partial charge in [-0.05, 0) is 23.6 Å². The van der Waals surface area contributed by atoms with E-state index < -0.39 is 10.0 Å². The van der Waals surface area contributed by atoms with E-state index in [1.807, 2.05) is 6.07 Å². The molecule has 116 valence electrons. The molecule has 0 spiro atoms. The van der Waals surface area contributed by atoms with Crippen molar-refractivity contribution in [2.75, 3.05) is 13.2 Å². The lowest BCUT2D eigenvalue weighted by atomic mass is 10.0. The maximum Gasteiger partial charge on any atom is 0.250 e. The highest BCUT2D eigenvalue weighted by Crippen LogP contribution is 2.31. The molecule has 0 saturated carbocycles. The minimum atomic E-state index is -3.61. The second-order valence-electron chi connectivity index (χ2n) is 5.47. The minimum Gasteiger partial charge on any atom is -0.477 e. The van der Waals surface area contributed by atoms with Crippen molar-refractivity contribution in [2.24, 2.45) is 0 Å². The molecule has 0 aromatic carbocycles. The molecule has 2 aliphatic rings. The first-order valence-corrected chi connectivity index (χ1v) is 8.71. The Morgan fingerprint density at radius 2 is 2.09 bits per heavy atom. The molecule has 4 rings (SSSR count). The van der Waals surface area contributed by atoms with Gasteiger partial charge < -0.3 is 4.74 Å². The highest BCUT2D eigenvalue weighted by atomic mass is 32.2. The summed E-state index contributed by atoms with van der Waals surface area (Å²) >= 11 is 0. The van der Waals surface area contributed by atoms with E-state index in [4.69, 9.17) is 4.74 Å². The molecule has 2 aliphatic heterocycles. The lowest BCUT2D eigenvalue weighted by Gasteiger charge is -2.27. The molecule has 7 nitrogen and oxygen atoms in total. The van der Waals surface area contributed by atoms with Gasteiger partial charge in [0, 0.05) is 38.4 Å². The average molecular weight is 320 g/mol. The molecule has 2 aromatic heterocycles. The van der Waals surface area contributed by atoms with Crippen molar-refractivity contribution in [3.63, 3.8) is 0 Å². The second-order valence-corrected chi connectivity index (χ2v) is 7.38. The fraction of sp³-hybridized carbons (Fsp3) is 0.429. The lowest BCUT2D eigenvalue weighted by Crippen LogP contribution is -2.36. The van der Waals surface area contributed by atoms with E-state index >= 15 is 0 Å². The minimum absolute atomic E-state index is 0.166. The van der Waals surface area contributed by atoms with Gasteiger partial charge in [0.1, 0.15) is 0 Å². The topological polar surface area (TPSA) is 77.3 Å². The normalized spacial score (nSPS) is 18.4. The van der Waals surface area contributed by atoms with Crippen molar-refractivity contribution in [3.05, 3.63) is 35.8 Å². The van der Waals surface area contributed by atoms with E-state index in [1.165, 1.54) is 10.5 Å². The predicted octanol–water partition coefficient (Wildman–Crippen LogP) is 0.808. The van der Waals surface area contributed by atoms with Crippen LogP contribution in [0.2, 0.25) is 0 Å². The van der Waals surface area contributed by atoms with E-state index in [1.54, 1.807) is 17.1 Å². The van der Waals surface area contributed by atoms with E-state index in [-0.39, 0.29) is 4.90 Å². The first kappa shape index (κ1) is 13.7. The molecular weight excluding hydrogens is 304 g/mol. The highest BCUT2D eigenvalue weighted by Gasteiger charge is 2.34. The van der Waals surface area contributed by atoms with Gasteiger partial charge in [0.25, 0.3) is 0 Å². The van der Waals surface area contributed by atoms with Gasteiger partial charge in [0.15, 0.2) is 4.90 Å². The number of hydrogen-bond donors (Lipinski definition) is 0. The van der Waals surface area contributed by atoms with Gasteiger partial charge in [-0.15, -0.1) is 0 Å². The Labute approximate surface area is 128 Å². The zero-order valence-electron chi connectivity index (χ0n) is 12.0. The highest BCUT2D eigenvalue weighted by molar-refractivity contribution is 7.89. The molecule has 4 heterocycles. The molecule has 0 amide bonds. The summed E-state index contributed by atoms with van der Waals surface area (Å²) in [5.74, 6) is 0.364. The maximum absolute atomic E-state index is 12.9. The summed E-state index contributed by atoms with van der Waals surface area (Å²) in [5, 5.41) is 4.14. The van der Waals surface area contributed by atoms with Gasteiger partial charge in [0.05, 0.1) is 12.8 Å². The van der Waals surface area contributed by atoms with Crippen molar-refractivity contribution in [1.29, 1.82) is 0 Å². The van der Waals surface area contributed by atoms with Crippen LogP contribution in [0.4, 0.5) is 0 Å². The fourth-order valence-corrected chi connectivity index (χ4v) is 4.41. The third-order valence-electron chi connectivity index (χ3n) is 4.11. The van der Waals surface area contributed by atoms with Crippen LogP contribution in [0.25, 0.3) is 0 Å². The number of fused-ring (bicyclic) bond motifs is 2. The Hall–Kier alpha value is -1.93. The predicted molar refractivity (Wildman–Crippen MR) is 77.9 cm³/mol. The summed E-state index contributed by atoms with van der Waals surface area (Å²) in [6.45, 7) is 2.03. The zero-order chi connectivity index (χ0) is 15.2. The number of hydrogen-bond acceptors (Lipinski definition) is 5. The molecule has 0 saturated heterocycles. The summed E-state index contributed by atoms with van der Waals surface area (Å²) in [6, 6.07) is 1.95. The van der Waals surface area contributed by atoms with Crippen LogP contribution in [0, 0.1) is 0 Å². The van der Waals surface area contributed by atoms with Crippen LogP contribution in [0.1, 0.15) is 17.5 Å². The number of aryl methyl sites for hydroxylation is 1. The molecule has 0 aliphatic carbocycles. The number of sulfonamides is 1. The second kappa shape index (κ2) is 5.06. The monoisotopic (exact) mass is 320 g/mol. The third-order valence-corrected chi connectivity index (χ3v) is 5.94. The molecule has 0 fully saturated rings. The Balaban J connectivity index is 1.69. The van der Waals surface area contributed by atoms with Crippen molar-refractivity contribution in [1.82, 2.24) is 19.1 Å². The van der Waals surface area contributed by atoms with Crippen molar-refractivity contribution >= 4 is 10.0 Å². The van der Waals surface area contributed by atoms with Crippen molar-refractivity contribution < 1.29 is 13.2 Å². The standard InChI is InChI=1S/C14H16N4O3S/c19-22(20,13-9-16-18-5-1-7-21-14(13)18)17-6-3-11-2-4-15-8-12(11)10-17/h2,4,8-9H,1,3,5-7,10H2. The number of nitrogens with zero attached hydrogens (tertiary/aromatic N) is 4. The van der Waals surface area contributed by atoms with Crippen LogP contribution in [0.15, 0.2) is 29.6 Å². The van der Waals surface area contributed by atoms with E-state index in [2.05, 4.69) is 10.1 Å². The lowest BCUT2D eigenvalue weighted by molar-refractivity contribution is 0.223. The van der Waals surface area contributed by atoms with Gasteiger partial charge >= 0.3 is 0 Å². The van der Waals surface area contributed by atoms with E-state index in [0.717, 1.165) is 17.5 Å². The summed E-state index contributed by atoms with van der Waals surface area (Å²) in [5.41, 5.74) is 2.12. The number of pyridine rings is 1. The largest absolute Gasteiger partial charge is 0.477 e. The van der Waals surface area contributed by atoms with Crippen LogP contribution < -0.4 is 4.74 Å². The molecule has 2 aromatic rings. The smallest absolute Gasteiger partial charge is 0.250 e. The summed E-state index contributed by atoms with van der Waals surface area (Å²) in [6.07, 6.45) is 6.42. The van der Waals surface area contributed by atoms with Crippen LogP contribution in [-0.2, 0) is 29.5 Å². The van der Waals surface area contributed by atoms with E-state index in [9.17, 15) is 8.42 Å². The zero-order valence-corrected chi connectivity index (χ0v) is 12.8. The van der Waals surface area contributed by atoms with Crippen LogP contribution in [-0.4, -0.2) is 40.6 Å². The Bertz CT molecular complexity index is 815. The van der Waals surface area contributed by atoms with Gasteiger partial charge in [-0.3, -0.25) is 4.98 Å². The van der Waals surface area contributed by atoms with Crippen molar-refractivity contribution in [3.8, 4) is 5.88 Å². The van der Waals surface area contributed by atoms with Gasteiger partial charge in [-0.1, -0.05) is 0 Å². The third kappa shape index (κ3) is 2.10. The van der Waals surface area contributed by atoms with Gasteiger partial charge in [-0.2, -0.15) is 9.40 Å². The molecule has 0 atom stereocenters. The quantitative estimate of drug-likeness (QED) is 0.818. The SMILES string of the molecule is O=S(=O)(c1cnn2c1OCCC2)N1CCc2ccncc2C1. The fourth-order valence-electron chi connectivity index (χ4n) is 2.92. The summed E-state index contributed by atoms with van der Waals surface area (Å²) < 4.78 is 34.4. The van der Waals surface area contributed by atoms with Crippen LogP contribution in [0.3, 0.4) is 0 Å². The first-order valence-electron chi connectivity index (χ1n) is 7.27. The Morgan fingerprint density at radius 3 is 3.00 bits per heavy atom. The molecule has 0 radical (unpaired) electrons. The average Bonchev–Trinajstić information content (AvgIpc) is 2.99. The Kier molecular flexibility index (Phi) is 3.16. The molecule has 8 heteroatoms. The first-order chi connectivity index (χ1) is 10.7. The van der Waals surface area contributed by atoms with Gasteiger partial charge in [0.2, 0.25) is 15.9 Å². The van der Waals surface area contributed by atoms with Crippen LogP contribution >= 0.6 is 0 Å². The maximum atomic E-state index is 12.9. The molecule has 0 N–H and O–H groups in total. The van der Waals surface area contributed by atoms with Gasteiger partial charge in [-0.25, -0.2) is 13.1 Å². The van der Waals surface area contributed by atoms with Crippen molar-refractivity contribution in [2.45, 2.75) is 30.8 Å². The number of aromatic nitrogens is 3. The molecular formula is C14H16N4O3S. The number of rotatable bonds is 2. The van der Waals surface area contributed by atoms with Crippen LogP contribution in [0.5, 0.6) is 5.88 Å². The molecule has 0 unspecified atom stereocenters. The summed E-state index contributed by atoms with van der Waals surface area (Å²) in [7, 11) is -3.61. The molecule has 0 bridgehead atoms. The summed E-state index contributed by atoms with van der Waals surface area (Å²) in [4.78, 5) is 4.25. The molecule has 22 heavy (non-hydrogen) atoms. The number of ether oxygens (including phenoxy) is 1. The Morgan fingerprint density at radius 1 is 1.18 bits per heavy atom.